The molecule has 2 aliphatic rings. The Kier molecular flexibility index (Phi) is 4.15. The van der Waals surface area contributed by atoms with Crippen LogP contribution in [-0.4, -0.2) is 47.1 Å². The Bertz CT molecular complexity index is 1000. The minimum absolute atomic E-state index is 0.311. The van der Waals surface area contributed by atoms with Crippen molar-refractivity contribution < 1.29 is 13.9 Å². The van der Waals surface area contributed by atoms with Gasteiger partial charge in [-0.05, 0) is 55.0 Å². The van der Waals surface area contributed by atoms with E-state index in [4.69, 9.17) is 9.15 Å². The average Bonchev–Trinajstić information content (AvgIpc) is 3.48. The molecule has 1 amide bonds. The van der Waals surface area contributed by atoms with Crippen LogP contribution < -0.4 is 9.64 Å². The molecule has 3 heterocycles. The van der Waals surface area contributed by atoms with E-state index in [0.717, 1.165) is 5.56 Å². The largest absolute Gasteiger partial charge is 0.422 e. The van der Waals surface area contributed by atoms with Crippen LogP contribution in [0.3, 0.4) is 0 Å². The molecule has 2 fully saturated rings. The van der Waals surface area contributed by atoms with Crippen molar-refractivity contribution in [1.29, 1.82) is 0 Å². The first kappa shape index (κ1) is 17.0. The highest BCUT2D eigenvalue weighted by Crippen LogP contribution is 2.40. The van der Waals surface area contributed by atoms with Crippen molar-refractivity contribution in [1.82, 2.24) is 14.9 Å². The highest BCUT2D eigenvalue weighted by Gasteiger charge is 2.26. The van der Waals surface area contributed by atoms with Gasteiger partial charge in [-0.15, -0.1) is 0 Å². The molecule has 0 bridgehead atoms. The van der Waals surface area contributed by atoms with Crippen molar-refractivity contribution in [3.8, 4) is 5.75 Å². The molecule has 3 aromatic rings. The van der Waals surface area contributed by atoms with Gasteiger partial charge in [0, 0.05) is 32.4 Å². The van der Waals surface area contributed by atoms with Crippen LogP contribution in [0.25, 0.3) is 11.2 Å². The molecule has 144 valence electrons. The predicted molar refractivity (Wildman–Crippen MR) is 105 cm³/mol. The van der Waals surface area contributed by atoms with Crippen molar-refractivity contribution in [3.05, 3.63) is 47.7 Å². The van der Waals surface area contributed by atoms with Gasteiger partial charge in [0.2, 0.25) is 5.65 Å². The Morgan fingerprint density at radius 3 is 2.61 bits per heavy atom. The summed E-state index contributed by atoms with van der Waals surface area (Å²) in [6.45, 7) is 4.37. The van der Waals surface area contributed by atoms with Crippen LogP contribution in [0.15, 0.2) is 40.9 Å². The summed E-state index contributed by atoms with van der Waals surface area (Å²) in [6, 6.07) is 10.4. The Hall–Kier alpha value is -3.09. The fourth-order valence-corrected chi connectivity index (χ4v) is 3.51. The number of amides is 1. The molecule has 5 rings (SSSR count). The van der Waals surface area contributed by atoms with Gasteiger partial charge >= 0.3 is 6.09 Å². The van der Waals surface area contributed by atoms with Crippen molar-refractivity contribution in [2.75, 3.05) is 31.1 Å². The number of rotatable bonds is 3. The molecule has 2 aromatic heterocycles. The summed E-state index contributed by atoms with van der Waals surface area (Å²) in [5, 5.41) is 0. The number of hydrogen-bond acceptors (Lipinski definition) is 6. The number of nitrogens with zero attached hydrogens (tertiary/aromatic N) is 4. The van der Waals surface area contributed by atoms with Crippen LogP contribution in [0.5, 0.6) is 5.75 Å². The second-order valence-corrected chi connectivity index (χ2v) is 7.52. The number of hydrogen-bond donors (Lipinski definition) is 0. The van der Waals surface area contributed by atoms with Gasteiger partial charge in [-0.3, -0.25) is 0 Å². The molecule has 28 heavy (non-hydrogen) atoms. The molecule has 0 atom stereocenters. The van der Waals surface area contributed by atoms with E-state index in [-0.39, 0.29) is 6.09 Å². The minimum Gasteiger partial charge on any atom is -0.422 e. The molecular formula is C21H22N4O3. The number of carbonyl (C=O) groups is 1. The van der Waals surface area contributed by atoms with Gasteiger partial charge in [-0.1, -0.05) is 12.1 Å². The zero-order valence-electron chi connectivity index (χ0n) is 15.8. The van der Waals surface area contributed by atoms with E-state index in [1.165, 1.54) is 18.4 Å². The lowest BCUT2D eigenvalue weighted by atomic mass is 10.1. The summed E-state index contributed by atoms with van der Waals surface area (Å²) in [5.74, 6) is 1.29. The summed E-state index contributed by atoms with van der Waals surface area (Å²) < 4.78 is 11.4. The molecule has 7 heteroatoms. The minimum atomic E-state index is -0.311. The fourth-order valence-electron chi connectivity index (χ4n) is 3.51. The molecule has 1 saturated heterocycles. The van der Waals surface area contributed by atoms with Crippen molar-refractivity contribution in [3.63, 3.8) is 0 Å². The lowest BCUT2D eigenvalue weighted by molar-refractivity contribution is 0.148. The number of aromatic nitrogens is 2. The molecule has 0 N–H and O–H groups in total. The second-order valence-electron chi connectivity index (χ2n) is 7.52. The lowest BCUT2D eigenvalue weighted by Crippen LogP contribution is -2.49. The van der Waals surface area contributed by atoms with E-state index < -0.39 is 0 Å². The number of anilines is 1. The fraction of sp³-hybridized carbons (Fsp3) is 0.381. The maximum absolute atomic E-state index is 12.5. The van der Waals surface area contributed by atoms with E-state index >= 15 is 0 Å². The van der Waals surface area contributed by atoms with Crippen molar-refractivity contribution in [2.45, 2.75) is 25.7 Å². The van der Waals surface area contributed by atoms with Crippen LogP contribution in [0.2, 0.25) is 0 Å². The number of carbonyl (C=O) groups excluding carboxylic acids is 1. The molecule has 1 aliphatic heterocycles. The lowest BCUT2D eigenvalue weighted by Gasteiger charge is -2.32. The third kappa shape index (κ3) is 3.40. The number of piperazine rings is 1. The quantitative estimate of drug-likeness (QED) is 0.692. The van der Waals surface area contributed by atoms with Crippen LogP contribution >= 0.6 is 0 Å². The number of ether oxygens (including phenoxy) is 1. The monoisotopic (exact) mass is 378 g/mol. The predicted octanol–water partition coefficient (Wildman–Crippen LogP) is 3.73. The van der Waals surface area contributed by atoms with Gasteiger partial charge in [0.05, 0.1) is 0 Å². The maximum atomic E-state index is 12.5. The molecule has 0 spiro atoms. The first-order valence-corrected chi connectivity index (χ1v) is 9.70. The number of pyridine rings is 1. The Balaban J connectivity index is 1.19. The number of oxazole rings is 1. The second kappa shape index (κ2) is 6.82. The summed E-state index contributed by atoms with van der Waals surface area (Å²) in [7, 11) is 0. The molecule has 0 unspecified atom stereocenters. The number of aryl methyl sites for hydroxylation is 1. The SMILES string of the molecule is Cc1cnc2nc(N3CCN(C(=O)Oc4ccc(C5CC5)cc4)CC3)oc2c1. The van der Waals surface area contributed by atoms with Crippen LogP contribution in [-0.2, 0) is 0 Å². The Labute approximate surface area is 162 Å². The zero-order chi connectivity index (χ0) is 19.1. The molecular weight excluding hydrogens is 356 g/mol. The molecule has 1 saturated carbocycles. The van der Waals surface area contributed by atoms with E-state index in [9.17, 15) is 4.79 Å². The number of fused-ring (bicyclic) bond motifs is 1. The molecule has 0 radical (unpaired) electrons. The van der Waals surface area contributed by atoms with Crippen LogP contribution in [0.1, 0.15) is 29.9 Å². The van der Waals surface area contributed by atoms with Gasteiger partial charge in [0.25, 0.3) is 6.01 Å². The van der Waals surface area contributed by atoms with E-state index in [0.29, 0.717) is 55.1 Å². The Morgan fingerprint density at radius 1 is 1.14 bits per heavy atom. The normalized spacial score (nSPS) is 17.2. The topological polar surface area (TPSA) is 71.7 Å². The van der Waals surface area contributed by atoms with Gasteiger partial charge in [0.1, 0.15) is 5.75 Å². The Morgan fingerprint density at radius 2 is 1.89 bits per heavy atom. The highest BCUT2D eigenvalue weighted by atomic mass is 16.6. The third-order valence-corrected chi connectivity index (χ3v) is 5.31. The first-order valence-electron chi connectivity index (χ1n) is 9.70. The van der Waals surface area contributed by atoms with Crippen molar-refractivity contribution in [2.24, 2.45) is 0 Å². The summed E-state index contributed by atoms with van der Waals surface area (Å²) in [6.07, 6.45) is 3.99. The van der Waals surface area contributed by atoms with E-state index in [1.54, 1.807) is 11.1 Å². The average molecular weight is 378 g/mol. The molecule has 7 nitrogen and oxygen atoms in total. The van der Waals surface area contributed by atoms with Crippen molar-refractivity contribution >= 4 is 23.3 Å². The van der Waals surface area contributed by atoms with Crippen LogP contribution in [0.4, 0.5) is 10.8 Å². The van der Waals surface area contributed by atoms with Gasteiger partial charge < -0.3 is 19.0 Å². The van der Waals surface area contributed by atoms with Crippen LogP contribution in [0, 0.1) is 6.92 Å². The molecule has 1 aromatic carbocycles. The summed E-state index contributed by atoms with van der Waals surface area (Å²) in [5.41, 5.74) is 3.66. The number of benzene rings is 1. The van der Waals surface area contributed by atoms with Gasteiger partial charge in [-0.25, -0.2) is 9.78 Å². The van der Waals surface area contributed by atoms with Gasteiger partial charge in [0.15, 0.2) is 5.58 Å². The standard InChI is InChI=1S/C21H22N4O3/c1-14-12-18-19(22-13-14)23-20(28-18)24-8-10-25(11-9-24)21(26)27-17-6-4-16(5-7-17)15-2-3-15/h4-7,12-13,15H,2-3,8-11H2,1H3. The third-order valence-electron chi connectivity index (χ3n) is 5.31. The smallest absolute Gasteiger partial charge is 0.415 e. The summed E-state index contributed by atoms with van der Waals surface area (Å²) in [4.78, 5) is 25.0. The van der Waals surface area contributed by atoms with E-state index in [2.05, 4.69) is 22.1 Å². The van der Waals surface area contributed by atoms with Gasteiger partial charge in [-0.2, -0.15) is 4.98 Å². The van der Waals surface area contributed by atoms with E-state index in [1.807, 2.05) is 30.0 Å². The first-order chi connectivity index (χ1) is 13.7. The summed E-state index contributed by atoms with van der Waals surface area (Å²) >= 11 is 0. The molecule has 1 aliphatic carbocycles. The highest BCUT2D eigenvalue weighted by molar-refractivity contribution is 5.72. The maximum Gasteiger partial charge on any atom is 0.415 e. The zero-order valence-corrected chi connectivity index (χ0v) is 15.8.